The lowest BCUT2D eigenvalue weighted by Gasteiger charge is -2.18. The number of carbonyl (C=O) groups excluding carboxylic acids is 2. The van der Waals surface area contributed by atoms with Crippen LogP contribution in [0.3, 0.4) is 0 Å². The Labute approximate surface area is 164 Å². The van der Waals surface area contributed by atoms with Gasteiger partial charge in [0.05, 0.1) is 11.6 Å². The van der Waals surface area contributed by atoms with E-state index in [9.17, 15) is 9.59 Å². The maximum absolute atomic E-state index is 12.5. The van der Waals surface area contributed by atoms with E-state index in [1.807, 2.05) is 36.1 Å². The van der Waals surface area contributed by atoms with Gasteiger partial charge in [0.1, 0.15) is 5.75 Å². The summed E-state index contributed by atoms with van der Waals surface area (Å²) in [6, 6.07) is 12.9. The monoisotopic (exact) mass is 386 g/mol. The number of nitrogens with one attached hydrogen (secondary N) is 1. The highest BCUT2D eigenvalue weighted by Crippen LogP contribution is 2.25. The second-order valence-electron chi connectivity index (χ2n) is 6.45. The Morgan fingerprint density at radius 1 is 1.22 bits per heavy atom. The molecule has 0 bridgehead atoms. The fourth-order valence-corrected chi connectivity index (χ4v) is 3.39. The van der Waals surface area contributed by atoms with Crippen LogP contribution in [0.15, 0.2) is 42.5 Å². The van der Waals surface area contributed by atoms with Crippen LogP contribution in [0.2, 0.25) is 5.02 Å². The summed E-state index contributed by atoms with van der Waals surface area (Å²) in [5.41, 5.74) is 2.54. The van der Waals surface area contributed by atoms with Crippen LogP contribution < -0.4 is 10.1 Å². The standard InChI is InChI=1S/C21H23ClN2O3/c1-2-27-19-10-9-15(12-18(19)22)21(26)23-13-16-6-3-4-7-17(16)14-24-11-5-8-20(24)25/h3-4,6-7,9-10,12H,2,5,8,11,13-14H2,1H3,(H,23,26). The molecule has 0 aromatic heterocycles. The summed E-state index contributed by atoms with van der Waals surface area (Å²) in [5, 5.41) is 3.34. The van der Waals surface area contributed by atoms with Crippen molar-refractivity contribution in [2.75, 3.05) is 13.2 Å². The number of nitrogens with zero attached hydrogens (tertiary/aromatic N) is 1. The van der Waals surface area contributed by atoms with Crippen LogP contribution in [0, 0.1) is 0 Å². The van der Waals surface area contributed by atoms with Crippen molar-refractivity contribution in [2.24, 2.45) is 0 Å². The van der Waals surface area contributed by atoms with Crippen molar-refractivity contribution in [1.29, 1.82) is 0 Å². The first-order valence-corrected chi connectivity index (χ1v) is 9.51. The van der Waals surface area contributed by atoms with Gasteiger partial charge in [-0.3, -0.25) is 9.59 Å². The highest BCUT2D eigenvalue weighted by atomic mass is 35.5. The molecule has 0 spiro atoms. The molecule has 0 atom stereocenters. The molecular weight excluding hydrogens is 364 g/mol. The van der Waals surface area contributed by atoms with Gasteiger partial charge >= 0.3 is 0 Å². The van der Waals surface area contributed by atoms with Gasteiger partial charge in [-0.2, -0.15) is 0 Å². The predicted molar refractivity (Wildman–Crippen MR) is 105 cm³/mol. The van der Waals surface area contributed by atoms with Crippen molar-refractivity contribution >= 4 is 23.4 Å². The van der Waals surface area contributed by atoms with Crippen molar-refractivity contribution in [3.8, 4) is 5.75 Å². The Hall–Kier alpha value is -2.53. The van der Waals surface area contributed by atoms with Crippen LogP contribution in [0.5, 0.6) is 5.75 Å². The summed E-state index contributed by atoms with van der Waals surface area (Å²) in [6.07, 6.45) is 1.54. The maximum atomic E-state index is 12.5. The van der Waals surface area contributed by atoms with Crippen molar-refractivity contribution in [2.45, 2.75) is 32.9 Å². The Morgan fingerprint density at radius 2 is 2.00 bits per heavy atom. The number of hydrogen-bond donors (Lipinski definition) is 1. The summed E-state index contributed by atoms with van der Waals surface area (Å²) in [5.74, 6) is 0.557. The molecule has 27 heavy (non-hydrogen) atoms. The number of carbonyl (C=O) groups is 2. The first-order chi connectivity index (χ1) is 13.1. The smallest absolute Gasteiger partial charge is 0.251 e. The average Bonchev–Trinajstić information content (AvgIpc) is 3.07. The van der Waals surface area contributed by atoms with Crippen LogP contribution in [0.4, 0.5) is 0 Å². The number of likely N-dealkylation sites (tertiary alicyclic amines) is 1. The molecule has 0 saturated carbocycles. The largest absolute Gasteiger partial charge is 0.492 e. The topological polar surface area (TPSA) is 58.6 Å². The third-order valence-electron chi connectivity index (χ3n) is 4.58. The van der Waals surface area contributed by atoms with E-state index in [1.54, 1.807) is 18.2 Å². The van der Waals surface area contributed by atoms with E-state index in [0.29, 0.717) is 42.5 Å². The van der Waals surface area contributed by atoms with Crippen LogP contribution in [-0.2, 0) is 17.9 Å². The molecule has 2 aromatic rings. The number of amides is 2. The summed E-state index contributed by atoms with van der Waals surface area (Å²) in [6.45, 7) is 4.16. The lowest BCUT2D eigenvalue weighted by molar-refractivity contribution is -0.128. The van der Waals surface area contributed by atoms with Gasteiger partial charge in [-0.25, -0.2) is 0 Å². The van der Waals surface area contributed by atoms with Gasteiger partial charge in [0.2, 0.25) is 5.91 Å². The number of benzene rings is 2. The highest BCUT2D eigenvalue weighted by Gasteiger charge is 2.21. The zero-order valence-corrected chi connectivity index (χ0v) is 16.1. The van der Waals surface area contributed by atoms with E-state index in [1.165, 1.54) is 0 Å². The Balaban J connectivity index is 1.65. The lowest BCUT2D eigenvalue weighted by Crippen LogP contribution is -2.26. The van der Waals surface area contributed by atoms with Gasteiger partial charge in [0.25, 0.3) is 5.91 Å². The van der Waals surface area contributed by atoms with Crippen LogP contribution in [-0.4, -0.2) is 29.9 Å². The van der Waals surface area contributed by atoms with Crippen molar-refractivity contribution in [1.82, 2.24) is 10.2 Å². The fraction of sp³-hybridized carbons (Fsp3) is 0.333. The van der Waals surface area contributed by atoms with E-state index >= 15 is 0 Å². The molecule has 1 heterocycles. The van der Waals surface area contributed by atoms with E-state index in [0.717, 1.165) is 24.1 Å². The minimum atomic E-state index is -0.202. The second kappa shape index (κ2) is 8.91. The summed E-state index contributed by atoms with van der Waals surface area (Å²) in [7, 11) is 0. The number of halogens is 1. The quantitative estimate of drug-likeness (QED) is 0.787. The second-order valence-corrected chi connectivity index (χ2v) is 6.86. The molecular formula is C21H23ClN2O3. The van der Waals surface area contributed by atoms with Crippen LogP contribution in [0.1, 0.15) is 41.3 Å². The van der Waals surface area contributed by atoms with E-state index in [2.05, 4.69) is 5.32 Å². The molecule has 3 rings (SSSR count). The van der Waals surface area contributed by atoms with Crippen LogP contribution in [0.25, 0.3) is 0 Å². The Kier molecular flexibility index (Phi) is 6.35. The number of rotatable bonds is 7. The third-order valence-corrected chi connectivity index (χ3v) is 4.88. The molecule has 0 radical (unpaired) electrons. The summed E-state index contributed by atoms with van der Waals surface area (Å²) in [4.78, 5) is 26.2. The number of ether oxygens (including phenoxy) is 1. The fourth-order valence-electron chi connectivity index (χ4n) is 3.15. The molecule has 1 N–H and O–H groups in total. The molecule has 0 aliphatic carbocycles. The first-order valence-electron chi connectivity index (χ1n) is 9.13. The Morgan fingerprint density at radius 3 is 2.67 bits per heavy atom. The molecule has 1 saturated heterocycles. The minimum absolute atomic E-state index is 0.192. The first kappa shape index (κ1) is 19.2. The normalized spacial score (nSPS) is 13.7. The maximum Gasteiger partial charge on any atom is 0.251 e. The van der Waals surface area contributed by atoms with Gasteiger partial charge in [-0.05, 0) is 42.7 Å². The minimum Gasteiger partial charge on any atom is -0.492 e. The molecule has 142 valence electrons. The zero-order chi connectivity index (χ0) is 19.2. The molecule has 6 heteroatoms. The Bertz CT molecular complexity index is 838. The molecule has 1 fully saturated rings. The molecule has 2 amide bonds. The van der Waals surface area contributed by atoms with Gasteiger partial charge in [-0.1, -0.05) is 35.9 Å². The zero-order valence-electron chi connectivity index (χ0n) is 15.3. The van der Waals surface area contributed by atoms with Gasteiger partial charge in [0.15, 0.2) is 0 Å². The molecule has 0 unspecified atom stereocenters. The highest BCUT2D eigenvalue weighted by molar-refractivity contribution is 6.32. The summed E-state index contributed by atoms with van der Waals surface area (Å²) < 4.78 is 5.39. The van der Waals surface area contributed by atoms with Gasteiger partial charge in [0, 0.05) is 31.6 Å². The molecule has 1 aliphatic rings. The number of hydrogen-bond acceptors (Lipinski definition) is 3. The third kappa shape index (κ3) is 4.80. The summed E-state index contributed by atoms with van der Waals surface area (Å²) >= 11 is 6.16. The van der Waals surface area contributed by atoms with Crippen molar-refractivity contribution in [3.05, 3.63) is 64.2 Å². The predicted octanol–water partition coefficient (Wildman–Crippen LogP) is 3.79. The molecule has 1 aliphatic heterocycles. The molecule has 2 aromatic carbocycles. The van der Waals surface area contributed by atoms with E-state index < -0.39 is 0 Å². The SMILES string of the molecule is CCOc1ccc(C(=O)NCc2ccccc2CN2CCCC2=O)cc1Cl. The van der Waals surface area contributed by atoms with Crippen molar-refractivity contribution in [3.63, 3.8) is 0 Å². The average molecular weight is 387 g/mol. The van der Waals surface area contributed by atoms with E-state index in [-0.39, 0.29) is 11.8 Å². The molecule has 5 nitrogen and oxygen atoms in total. The van der Waals surface area contributed by atoms with Crippen molar-refractivity contribution < 1.29 is 14.3 Å². The van der Waals surface area contributed by atoms with E-state index in [4.69, 9.17) is 16.3 Å². The van der Waals surface area contributed by atoms with Gasteiger partial charge < -0.3 is 15.0 Å². The van der Waals surface area contributed by atoms with Crippen LogP contribution >= 0.6 is 11.6 Å². The lowest BCUT2D eigenvalue weighted by atomic mass is 10.1. The van der Waals surface area contributed by atoms with Gasteiger partial charge in [-0.15, -0.1) is 0 Å².